The van der Waals surface area contributed by atoms with Gasteiger partial charge >= 0.3 is 0 Å². The molecule has 0 spiro atoms. The highest BCUT2D eigenvalue weighted by atomic mass is 32.2. The molecule has 0 radical (unpaired) electrons. The Labute approximate surface area is 158 Å². The maximum atomic E-state index is 13.6. The molecule has 2 saturated heterocycles. The number of hydrogen-bond acceptors (Lipinski definition) is 3. The van der Waals surface area contributed by atoms with Crippen molar-refractivity contribution in [2.24, 2.45) is 0 Å². The number of nitrogens with zero attached hydrogens (tertiary/aromatic N) is 2. The molecule has 1 N–H and O–H groups in total. The highest BCUT2D eigenvalue weighted by Crippen LogP contribution is 2.25. The minimum atomic E-state index is -0.260. The number of rotatable bonds is 3. The fourth-order valence-corrected chi connectivity index (χ4v) is 5.31. The predicted molar refractivity (Wildman–Crippen MR) is 105 cm³/mol. The maximum absolute atomic E-state index is 13.6. The molecule has 140 valence electrons. The lowest BCUT2D eigenvalue weighted by molar-refractivity contribution is -0.132. The molecule has 26 heavy (non-hydrogen) atoms. The van der Waals surface area contributed by atoms with Gasteiger partial charge in [-0.25, -0.2) is 4.39 Å². The van der Waals surface area contributed by atoms with E-state index < -0.39 is 0 Å². The van der Waals surface area contributed by atoms with Gasteiger partial charge in [0.2, 0.25) is 5.91 Å². The molecule has 2 fully saturated rings. The van der Waals surface area contributed by atoms with Crippen LogP contribution in [0.1, 0.15) is 24.1 Å². The van der Waals surface area contributed by atoms with Crippen molar-refractivity contribution in [2.75, 3.05) is 37.7 Å². The summed E-state index contributed by atoms with van der Waals surface area (Å²) in [5, 5.41) is 0.828. The maximum Gasteiger partial charge on any atom is 0.227 e. The van der Waals surface area contributed by atoms with Gasteiger partial charge in [-0.05, 0) is 55.0 Å². The van der Waals surface area contributed by atoms with Crippen LogP contribution in [0.5, 0.6) is 0 Å². The Morgan fingerprint density at radius 3 is 2.69 bits per heavy atom. The highest BCUT2D eigenvalue weighted by molar-refractivity contribution is 7.99. The van der Waals surface area contributed by atoms with Crippen molar-refractivity contribution in [1.29, 1.82) is 0 Å². The zero-order valence-corrected chi connectivity index (χ0v) is 16.1. The van der Waals surface area contributed by atoms with Crippen LogP contribution in [0.4, 0.5) is 4.39 Å². The lowest BCUT2D eigenvalue weighted by atomic mass is 10.1. The zero-order chi connectivity index (χ0) is 18.1. The van der Waals surface area contributed by atoms with Gasteiger partial charge in [-0.1, -0.05) is 0 Å². The number of aromatic nitrogens is 1. The minimum absolute atomic E-state index is 0.150. The number of aryl methyl sites for hydroxylation is 1. The van der Waals surface area contributed by atoms with Crippen molar-refractivity contribution < 1.29 is 9.18 Å². The van der Waals surface area contributed by atoms with E-state index in [2.05, 4.69) is 21.6 Å². The van der Waals surface area contributed by atoms with Gasteiger partial charge in [0.05, 0.1) is 6.42 Å². The highest BCUT2D eigenvalue weighted by Gasteiger charge is 2.27. The van der Waals surface area contributed by atoms with Gasteiger partial charge in [0.15, 0.2) is 0 Å². The number of H-pyrrole nitrogens is 1. The number of carbonyl (C=O) groups excluding carboxylic acids is 1. The van der Waals surface area contributed by atoms with Crippen LogP contribution in [0.2, 0.25) is 0 Å². The van der Waals surface area contributed by atoms with E-state index in [0.717, 1.165) is 48.3 Å². The molecule has 1 aromatic heterocycles. The van der Waals surface area contributed by atoms with Crippen molar-refractivity contribution in [1.82, 2.24) is 14.8 Å². The standard InChI is InChI=1S/C20H26FN3OS/c1-14-17(18-12-15(21)2-3-19(18)22-14)13-20(25)24-8-6-23(7-9-24)16-4-10-26-11-5-16/h2-3,12,16,22H,4-11,13H2,1H3. The van der Waals surface area contributed by atoms with E-state index in [1.54, 1.807) is 6.07 Å². The summed E-state index contributed by atoms with van der Waals surface area (Å²) in [5.41, 5.74) is 2.78. The number of piperazine rings is 1. The predicted octanol–water partition coefficient (Wildman–Crippen LogP) is 3.20. The molecule has 0 unspecified atom stereocenters. The molecule has 4 nitrogen and oxygen atoms in total. The number of thioether (sulfide) groups is 1. The summed E-state index contributed by atoms with van der Waals surface area (Å²) in [6.45, 7) is 5.52. The molecule has 6 heteroatoms. The van der Waals surface area contributed by atoms with Crippen LogP contribution in [0.15, 0.2) is 18.2 Å². The molecular weight excluding hydrogens is 349 g/mol. The molecular formula is C20H26FN3OS. The molecule has 2 aliphatic rings. The van der Waals surface area contributed by atoms with Crippen LogP contribution in [-0.2, 0) is 11.2 Å². The summed E-state index contributed by atoms with van der Waals surface area (Å²) in [4.78, 5) is 20.6. The number of carbonyl (C=O) groups is 1. The Balaban J connectivity index is 1.40. The first-order valence-corrected chi connectivity index (χ1v) is 10.6. The second-order valence-electron chi connectivity index (χ2n) is 7.36. The number of benzene rings is 1. The Morgan fingerprint density at radius 2 is 1.96 bits per heavy atom. The topological polar surface area (TPSA) is 39.3 Å². The average molecular weight is 376 g/mol. The molecule has 0 atom stereocenters. The zero-order valence-electron chi connectivity index (χ0n) is 15.3. The summed E-state index contributed by atoms with van der Waals surface area (Å²) in [7, 11) is 0. The Hall–Kier alpha value is -1.53. The largest absolute Gasteiger partial charge is 0.358 e. The second-order valence-corrected chi connectivity index (χ2v) is 8.58. The van der Waals surface area contributed by atoms with Crippen LogP contribution in [0, 0.1) is 12.7 Å². The van der Waals surface area contributed by atoms with E-state index >= 15 is 0 Å². The van der Waals surface area contributed by atoms with Crippen LogP contribution in [-0.4, -0.2) is 64.4 Å². The van der Waals surface area contributed by atoms with Gasteiger partial charge in [-0.3, -0.25) is 9.69 Å². The minimum Gasteiger partial charge on any atom is -0.358 e. The third-order valence-corrected chi connectivity index (χ3v) is 6.83. The van der Waals surface area contributed by atoms with Crippen molar-refractivity contribution >= 4 is 28.6 Å². The third-order valence-electron chi connectivity index (χ3n) is 5.78. The number of amides is 1. The summed E-state index contributed by atoms with van der Waals surface area (Å²) >= 11 is 2.05. The first-order chi connectivity index (χ1) is 12.6. The van der Waals surface area contributed by atoms with Gasteiger partial charge in [-0.15, -0.1) is 0 Å². The molecule has 3 heterocycles. The van der Waals surface area contributed by atoms with Gasteiger partial charge in [0.1, 0.15) is 5.82 Å². The Kier molecular flexibility index (Phi) is 5.23. The first-order valence-electron chi connectivity index (χ1n) is 9.48. The smallest absolute Gasteiger partial charge is 0.227 e. The second kappa shape index (κ2) is 7.61. The quantitative estimate of drug-likeness (QED) is 0.896. The molecule has 1 aromatic carbocycles. The van der Waals surface area contributed by atoms with E-state index in [4.69, 9.17) is 0 Å². The van der Waals surface area contributed by atoms with E-state index in [0.29, 0.717) is 12.5 Å². The molecule has 4 rings (SSSR count). The van der Waals surface area contributed by atoms with Gasteiger partial charge in [0, 0.05) is 48.8 Å². The fourth-order valence-electron chi connectivity index (χ4n) is 4.23. The van der Waals surface area contributed by atoms with Crippen molar-refractivity contribution in [3.8, 4) is 0 Å². The van der Waals surface area contributed by atoms with Gasteiger partial charge < -0.3 is 9.88 Å². The number of fused-ring (bicyclic) bond motifs is 1. The molecule has 0 aliphatic carbocycles. The number of hydrogen-bond donors (Lipinski definition) is 1. The average Bonchev–Trinajstić information content (AvgIpc) is 2.97. The molecule has 0 saturated carbocycles. The van der Waals surface area contributed by atoms with E-state index in [-0.39, 0.29) is 11.7 Å². The molecule has 1 amide bonds. The Morgan fingerprint density at radius 1 is 1.23 bits per heavy atom. The normalized spacial score (nSPS) is 20.0. The van der Waals surface area contributed by atoms with Crippen molar-refractivity contribution in [3.05, 3.63) is 35.3 Å². The third kappa shape index (κ3) is 3.62. The molecule has 2 aliphatic heterocycles. The van der Waals surface area contributed by atoms with Crippen LogP contribution < -0.4 is 0 Å². The Bertz CT molecular complexity index is 792. The number of nitrogens with one attached hydrogen (secondary N) is 1. The van der Waals surface area contributed by atoms with Crippen LogP contribution in [0.25, 0.3) is 10.9 Å². The van der Waals surface area contributed by atoms with Crippen molar-refractivity contribution in [2.45, 2.75) is 32.2 Å². The molecule has 2 aromatic rings. The summed E-state index contributed by atoms with van der Waals surface area (Å²) in [6, 6.07) is 5.42. The number of aromatic amines is 1. The molecule has 0 bridgehead atoms. The van der Waals surface area contributed by atoms with Gasteiger partial charge in [0.25, 0.3) is 0 Å². The summed E-state index contributed by atoms with van der Waals surface area (Å²) < 4.78 is 13.6. The summed E-state index contributed by atoms with van der Waals surface area (Å²) in [5.74, 6) is 2.42. The van der Waals surface area contributed by atoms with E-state index in [1.807, 2.05) is 11.8 Å². The lowest BCUT2D eigenvalue weighted by Crippen LogP contribution is -2.52. The first kappa shape index (κ1) is 17.9. The van der Waals surface area contributed by atoms with Crippen molar-refractivity contribution in [3.63, 3.8) is 0 Å². The summed E-state index contributed by atoms with van der Waals surface area (Å²) in [6.07, 6.45) is 2.90. The van der Waals surface area contributed by atoms with Crippen LogP contribution >= 0.6 is 11.8 Å². The van der Waals surface area contributed by atoms with E-state index in [1.165, 1.54) is 36.5 Å². The SMILES string of the molecule is Cc1[nH]c2ccc(F)cc2c1CC(=O)N1CCN(C2CCSCC2)CC1. The van der Waals surface area contributed by atoms with Crippen LogP contribution in [0.3, 0.4) is 0 Å². The number of halogens is 1. The van der Waals surface area contributed by atoms with E-state index in [9.17, 15) is 9.18 Å². The lowest BCUT2D eigenvalue weighted by Gasteiger charge is -2.40. The monoisotopic (exact) mass is 375 g/mol. The fraction of sp³-hybridized carbons (Fsp3) is 0.550. The van der Waals surface area contributed by atoms with Gasteiger partial charge in [-0.2, -0.15) is 11.8 Å².